The van der Waals surface area contributed by atoms with Gasteiger partial charge in [0.25, 0.3) is 0 Å². The van der Waals surface area contributed by atoms with Gasteiger partial charge in [0, 0.05) is 24.5 Å². The molecular weight excluding hydrogens is 350 g/mol. The highest BCUT2D eigenvalue weighted by atomic mass is 32.1. The largest absolute Gasteiger partial charge is 0.371 e. The lowest BCUT2D eigenvalue weighted by Gasteiger charge is -2.33. The molecule has 4 heteroatoms. The fraction of sp³-hybridized carbons (Fsp3) is 0.435. The molecule has 0 amide bonds. The lowest BCUT2D eigenvalue weighted by atomic mass is 9.99. The molecule has 1 aliphatic heterocycles. The number of benzene rings is 2. The van der Waals surface area contributed by atoms with Gasteiger partial charge in [-0.2, -0.15) is 0 Å². The monoisotopic (exact) mass is 381 g/mol. The predicted octanol–water partition coefficient (Wildman–Crippen LogP) is 5.59. The zero-order valence-corrected chi connectivity index (χ0v) is 17.7. The maximum absolute atomic E-state index is 5.52. The number of hydrogen-bond donors (Lipinski definition) is 2. The summed E-state index contributed by atoms with van der Waals surface area (Å²) in [6.07, 6.45) is 2.64. The molecule has 2 aromatic carbocycles. The number of nitrogens with zero attached hydrogens (tertiary/aromatic N) is 1. The molecule has 0 radical (unpaired) electrons. The standard InChI is InChI=1S/C23H31N3S/c1-16-7-12-22(18(3)14-16)25-23(27)24-19(4)20-8-10-21(11-9-20)26-13-5-6-17(2)15-26/h7-12,14,17,19H,5-6,13,15H2,1-4H3,(H2,24,25,27)/t17-,19+/m0/s1. The highest BCUT2D eigenvalue weighted by Gasteiger charge is 2.17. The molecule has 0 bridgehead atoms. The van der Waals surface area contributed by atoms with Gasteiger partial charge in [0.1, 0.15) is 0 Å². The number of piperidine rings is 1. The highest BCUT2D eigenvalue weighted by Crippen LogP contribution is 2.25. The van der Waals surface area contributed by atoms with Gasteiger partial charge in [0.2, 0.25) is 0 Å². The van der Waals surface area contributed by atoms with Crippen molar-refractivity contribution in [1.29, 1.82) is 0 Å². The molecule has 3 rings (SSSR count). The van der Waals surface area contributed by atoms with Crippen LogP contribution in [-0.2, 0) is 0 Å². The summed E-state index contributed by atoms with van der Waals surface area (Å²) in [5, 5.41) is 7.37. The van der Waals surface area contributed by atoms with E-state index in [0.29, 0.717) is 5.11 Å². The van der Waals surface area contributed by atoms with Crippen molar-refractivity contribution in [3.63, 3.8) is 0 Å². The van der Waals surface area contributed by atoms with E-state index < -0.39 is 0 Å². The molecule has 0 unspecified atom stereocenters. The Morgan fingerprint density at radius 2 is 1.89 bits per heavy atom. The number of nitrogens with one attached hydrogen (secondary N) is 2. The fourth-order valence-electron chi connectivity index (χ4n) is 3.79. The maximum Gasteiger partial charge on any atom is 0.171 e. The van der Waals surface area contributed by atoms with Crippen LogP contribution >= 0.6 is 12.2 Å². The van der Waals surface area contributed by atoms with Gasteiger partial charge >= 0.3 is 0 Å². The first-order valence-corrected chi connectivity index (χ1v) is 10.3. The van der Waals surface area contributed by atoms with Crippen molar-refractivity contribution < 1.29 is 0 Å². The molecule has 0 spiro atoms. The van der Waals surface area contributed by atoms with Crippen LogP contribution in [0.2, 0.25) is 0 Å². The Bertz CT molecular complexity index is 785. The van der Waals surface area contributed by atoms with Gasteiger partial charge in [0.15, 0.2) is 5.11 Å². The van der Waals surface area contributed by atoms with Crippen LogP contribution in [0.4, 0.5) is 11.4 Å². The minimum absolute atomic E-state index is 0.157. The van der Waals surface area contributed by atoms with Crippen LogP contribution in [0, 0.1) is 19.8 Å². The second-order valence-corrected chi connectivity index (χ2v) is 8.33. The van der Waals surface area contributed by atoms with Crippen molar-refractivity contribution in [2.24, 2.45) is 5.92 Å². The quantitative estimate of drug-likeness (QED) is 0.675. The Labute approximate surface area is 169 Å². The zero-order chi connectivity index (χ0) is 19.4. The van der Waals surface area contributed by atoms with Crippen molar-refractivity contribution in [3.8, 4) is 0 Å². The summed E-state index contributed by atoms with van der Waals surface area (Å²) < 4.78 is 0. The molecule has 1 aliphatic rings. The van der Waals surface area contributed by atoms with Crippen molar-refractivity contribution >= 4 is 28.7 Å². The fourth-order valence-corrected chi connectivity index (χ4v) is 4.08. The Balaban J connectivity index is 1.58. The van der Waals surface area contributed by atoms with Crippen molar-refractivity contribution in [2.75, 3.05) is 23.3 Å². The number of hydrogen-bond acceptors (Lipinski definition) is 2. The third-order valence-corrected chi connectivity index (χ3v) is 5.61. The summed E-state index contributed by atoms with van der Waals surface area (Å²) in [5.74, 6) is 0.785. The number of thiocarbonyl (C=S) groups is 1. The average molecular weight is 382 g/mol. The van der Waals surface area contributed by atoms with Crippen LogP contribution < -0.4 is 15.5 Å². The van der Waals surface area contributed by atoms with Gasteiger partial charge < -0.3 is 15.5 Å². The van der Waals surface area contributed by atoms with E-state index in [1.54, 1.807) is 0 Å². The van der Waals surface area contributed by atoms with E-state index in [1.807, 2.05) is 0 Å². The van der Waals surface area contributed by atoms with Gasteiger partial charge in [-0.1, -0.05) is 36.8 Å². The second kappa shape index (κ2) is 8.75. The van der Waals surface area contributed by atoms with Crippen LogP contribution in [-0.4, -0.2) is 18.2 Å². The molecule has 0 aliphatic carbocycles. The molecular formula is C23H31N3S. The molecule has 144 valence electrons. The molecule has 1 saturated heterocycles. The lowest BCUT2D eigenvalue weighted by Crippen LogP contribution is -2.34. The van der Waals surface area contributed by atoms with Crippen LogP contribution in [0.25, 0.3) is 0 Å². The van der Waals surface area contributed by atoms with Crippen LogP contribution in [0.5, 0.6) is 0 Å². The number of anilines is 2. The van der Waals surface area contributed by atoms with Crippen LogP contribution in [0.3, 0.4) is 0 Å². The van der Waals surface area contributed by atoms with E-state index in [2.05, 4.69) is 85.7 Å². The molecule has 2 N–H and O–H groups in total. The molecule has 1 heterocycles. The highest BCUT2D eigenvalue weighted by molar-refractivity contribution is 7.80. The third-order valence-electron chi connectivity index (χ3n) is 5.39. The maximum atomic E-state index is 5.52. The van der Waals surface area contributed by atoms with Gasteiger partial charge in [-0.25, -0.2) is 0 Å². The van der Waals surface area contributed by atoms with E-state index >= 15 is 0 Å². The number of aryl methyl sites for hydroxylation is 2. The Hall–Kier alpha value is -2.07. The van der Waals surface area contributed by atoms with Gasteiger partial charge in [-0.3, -0.25) is 0 Å². The van der Waals surface area contributed by atoms with Gasteiger partial charge in [-0.15, -0.1) is 0 Å². The summed E-state index contributed by atoms with van der Waals surface area (Å²) >= 11 is 5.52. The SMILES string of the molecule is Cc1ccc(NC(=S)N[C@H](C)c2ccc(N3CCC[C@H](C)C3)cc2)c(C)c1. The van der Waals surface area contributed by atoms with E-state index in [-0.39, 0.29) is 6.04 Å². The molecule has 0 aromatic heterocycles. The topological polar surface area (TPSA) is 27.3 Å². The van der Waals surface area contributed by atoms with Gasteiger partial charge in [0.05, 0.1) is 6.04 Å². The molecule has 2 aromatic rings. The zero-order valence-electron chi connectivity index (χ0n) is 16.9. The summed E-state index contributed by atoms with van der Waals surface area (Å²) in [6.45, 7) is 11.0. The minimum atomic E-state index is 0.157. The van der Waals surface area contributed by atoms with Crippen molar-refractivity contribution in [1.82, 2.24) is 5.32 Å². The Kier molecular flexibility index (Phi) is 6.38. The van der Waals surface area contributed by atoms with Gasteiger partial charge in [-0.05, 0) is 81.1 Å². The first-order valence-electron chi connectivity index (χ1n) is 9.92. The molecule has 2 atom stereocenters. The van der Waals surface area contributed by atoms with E-state index in [4.69, 9.17) is 12.2 Å². The van der Waals surface area contributed by atoms with Crippen molar-refractivity contribution in [3.05, 3.63) is 59.2 Å². The normalized spacial score (nSPS) is 18.1. The third kappa shape index (κ3) is 5.23. The minimum Gasteiger partial charge on any atom is -0.371 e. The van der Waals surface area contributed by atoms with E-state index in [0.717, 1.165) is 18.2 Å². The second-order valence-electron chi connectivity index (χ2n) is 7.92. The summed E-state index contributed by atoms with van der Waals surface area (Å²) in [7, 11) is 0. The van der Waals surface area contributed by atoms with E-state index in [9.17, 15) is 0 Å². The number of rotatable bonds is 4. The Morgan fingerprint density at radius 3 is 2.56 bits per heavy atom. The summed E-state index contributed by atoms with van der Waals surface area (Å²) in [5.41, 5.74) is 6.09. The molecule has 1 fully saturated rings. The average Bonchev–Trinajstić information content (AvgIpc) is 2.64. The first-order chi connectivity index (χ1) is 12.9. The van der Waals surface area contributed by atoms with Crippen LogP contribution in [0.1, 0.15) is 49.4 Å². The molecule has 0 saturated carbocycles. The first kappa shape index (κ1) is 19.7. The van der Waals surface area contributed by atoms with E-state index in [1.165, 1.54) is 41.8 Å². The van der Waals surface area contributed by atoms with Crippen LogP contribution in [0.15, 0.2) is 42.5 Å². The molecule has 3 nitrogen and oxygen atoms in total. The summed E-state index contributed by atoms with van der Waals surface area (Å²) in [6, 6.07) is 15.4. The van der Waals surface area contributed by atoms with Crippen molar-refractivity contribution in [2.45, 2.75) is 46.6 Å². The Morgan fingerprint density at radius 1 is 1.15 bits per heavy atom. The smallest absolute Gasteiger partial charge is 0.171 e. The molecule has 27 heavy (non-hydrogen) atoms. The lowest BCUT2D eigenvalue weighted by molar-refractivity contribution is 0.447. The summed E-state index contributed by atoms with van der Waals surface area (Å²) in [4.78, 5) is 2.50. The predicted molar refractivity (Wildman–Crippen MR) is 121 cm³/mol.